The molecule has 20 heavy (non-hydrogen) atoms. The van der Waals surface area contributed by atoms with Gasteiger partial charge in [0.25, 0.3) is 5.91 Å². The summed E-state index contributed by atoms with van der Waals surface area (Å²) in [4.78, 5) is 12.1. The van der Waals surface area contributed by atoms with Crippen LogP contribution in [0.25, 0.3) is 0 Å². The van der Waals surface area contributed by atoms with E-state index in [9.17, 15) is 4.79 Å². The molecule has 2 aromatic rings. The van der Waals surface area contributed by atoms with Crippen LogP contribution in [-0.4, -0.2) is 27.8 Å². The van der Waals surface area contributed by atoms with Gasteiger partial charge >= 0.3 is 0 Å². The second-order valence-electron chi connectivity index (χ2n) is 4.25. The number of carbonyl (C=O) groups excluding carboxylic acids is 1. The summed E-state index contributed by atoms with van der Waals surface area (Å²) in [6.45, 7) is 1.97. The van der Waals surface area contributed by atoms with Gasteiger partial charge in [0, 0.05) is 23.7 Å². The molecular formula is C15H15N3O2. The molecule has 0 aliphatic rings. The van der Waals surface area contributed by atoms with Crippen molar-refractivity contribution in [1.82, 2.24) is 10.2 Å². The summed E-state index contributed by atoms with van der Waals surface area (Å²) < 4.78 is 0. The number of amides is 1. The number of anilines is 1. The largest absolute Gasteiger partial charge is 0.395 e. The Bertz CT molecular complexity index is 651. The van der Waals surface area contributed by atoms with Crippen LogP contribution in [-0.2, 0) is 0 Å². The molecule has 0 aliphatic heterocycles. The summed E-state index contributed by atoms with van der Waals surface area (Å²) in [5.74, 6) is 5.61. The fraction of sp³-hybridized carbons (Fsp3) is 0.200. The van der Waals surface area contributed by atoms with Gasteiger partial charge in [-0.25, -0.2) is 0 Å². The summed E-state index contributed by atoms with van der Waals surface area (Å²) in [7, 11) is 0. The highest BCUT2D eigenvalue weighted by molar-refractivity contribution is 6.04. The molecule has 1 aromatic heterocycles. The third-order valence-electron chi connectivity index (χ3n) is 2.72. The fourth-order valence-corrected chi connectivity index (χ4v) is 1.63. The lowest BCUT2D eigenvalue weighted by atomic mass is 10.0. The quantitative estimate of drug-likeness (QED) is 0.742. The van der Waals surface area contributed by atoms with Gasteiger partial charge in [-0.1, -0.05) is 17.9 Å². The van der Waals surface area contributed by atoms with E-state index in [-0.39, 0.29) is 12.5 Å². The van der Waals surface area contributed by atoms with Crippen molar-refractivity contribution in [3.05, 3.63) is 47.3 Å². The van der Waals surface area contributed by atoms with Gasteiger partial charge in [-0.2, -0.15) is 5.10 Å². The Morgan fingerprint density at radius 1 is 1.50 bits per heavy atom. The van der Waals surface area contributed by atoms with Crippen LogP contribution in [0.5, 0.6) is 0 Å². The van der Waals surface area contributed by atoms with Gasteiger partial charge in [-0.15, -0.1) is 0 Å². The first kappa shape index (κ1) is 13.8. The molecule has 0 radical (unpaired) electrons. The minimum Gasteiger partial charge on any atom is -0.395 e. The van der Waals surface area contributed by atoms with Crippen LogP contribution in [0.4, 0.5) is 5.69 Å². The Balaban J connectivity index is 2.18. The molecule has 0 fully saturated rings. The van der Waals surface area contributed by atoms with Gasteiger partial charge in [0.2, 0.25) is 0 Å². The SMILES string of the molecule is Cc1ccc(C(=O)Nc2cn[nH]c2)cc1C#CCCO. The molecule has 1 amide bonds. The second-order valence-corrected chi connectivity index (χ2v) is 4.25. The van der Waals surface area contributed by atoms with E-state index >= 15 is 0 Å². The number of aliphatic hydroxyl groups is 1. The van der Waals surface area contributed by atoms with E-state index < -0.39 is 0 Å². The molecule has 102 valence electrons. The molecule has 0 saturated heterocycles. The number of hydrogen-bond acceptors (Lipinski definition) is 3. The highest BCUT2D eigenvalue weighted by Crippen LogP contribution is 2.12. The number of aryl methyl sites for hydroxylation is 1. The number of hydrogen-bond donors (Lipinski definition) is 3. The van der Waals surface area contributed by atoms with Gasteiger partial charge in [-0.05, 0) is 24.6 Å². The highest BCUT2D eigenvalue weighted by atomic mass is 16.2. The summed E-state index contributed by atoms with van der Waals surface area (Å²) >= 11 is 0. The molecule has 0 unspecified atom stereocenters. The van der Waals surface area contributed by atoms with Crippen molar-refractivity contribution in [2.45, 2.75) is 13.3 Å². The molecule has 0 saturated carbocycles. The maximum Gasteiger partial charge on any atom is 0.255 e. The summed E-state index contributed by atoms with van der Waals surface area (Å²) in [6, 6.07) is 5.35. The zero-order valence-electron chi connectivity index (χ0n) is 11.1. The summed E-state index contributed by atoms with van der Waals surface area (Å²) in [5.41, 5.74) is 2.93. The number of carbonyl (C=O) groups is 1. The predicted molar refractivity (Wildman–Crippen MR) is 76.3 cm³/mol. The van der Waals surface area contributed by atoms with Gasteiger partial charge in [-0.3, -0.25) is 9.89 Å². The Morgan fingerprint density at radius 2 is 2.35 bits per heavy atom. The van der Waals surface area contributed by atoms with E-state index in [1.54, 1.807) is 18.3 Å². The molecule has 2 rings (SSSR count). The number of nitrogens with one attached hydrogen (secondary N) is 2. The van der Waals surface area contributed by atoms with Crippen LogP contribution >= 0.6 is 0 Å². The lowest BCUT2D eigenvalue weighted by Crippen LogP contribution is -2.11. The molecule has 0 spiro atoms. The molecule has 1 aromatic carbocycles. The zero-order chi connectivity index (χ0) is 14.4. The number of H-pyrrole nitrogens is 1. The van der Waals surface area contributed by atoms with Crippen molar-refractivity contribution in [1.29, 1.82) is 0 Å². The third-order valence-corrected chi connectivity index (χ3v) is 2.72. The molecule has 3 N–H and O–H groups in total. The topological polar surface area (TPSA) is 78.0 Å². The van der Waals surface area contributed by atoms with Crippen LogP contribution in [0, 0.1) is 18.8 Å². The first-order valence-electron chi connectivity index (χ1n) is 6.21. The fourth-order valence-electron chi connectivity index (χ4n) is 1.63. The number of aromatic nitrogens is 2. The molecule has 0 aliphatic carbocycles. The molecule has 0 atom stereocenters. The van der Waals surface area contributed by atoms with Crippen molar-refractivity contribution < 1.29 is 9.90 Å². The average molecular weight is 269 g/mol. The molecule has 5 nitrogen and oxygen atoms in total. The standard InChI is InChI=1S/C15H15N3O2/c1-11-5-6-13(8-12(11)4-2-3-7-19)15(20)18-14-9-16-17-10-14/h5-6,8-10,19H,3,7H2,1H3,(H,16,17)(H,18,20). The first-order valence-corrected chi connectivity index (χ1v) is 6.21. The van der Waals surface area contributed by atoms with E-state index in [2.05, 4.69) is 27.4 Å². The lowest BCUT2D eigenvalue weighted by molar-refractivity contribution is 0.102. The van der Waals surface area contributed by atoms with Crippen LogP contribution in [0.3, 0.4) is 0 Å². The average Bonchev–Trinajstić information content (AvgIpc) is 2.94. The van der Waals surface area contributed by atoms with E-state index in [4.69, 9.17) is 5.11 Å². The van der Waals surface area contributed by atoms with Crippen molar-refractivity contribution >= 4 is 11.6 Å². The Morgan fingerprint density at radius 3 is 3.05 bits per heavy atom. The number of rotatable bonds is 3. The predicted octanol–water partition coefficient (Wildman–Crippen LogP) is 1.70. The van der Waals surface area contributed by atoms with Crippen molar-refractivity contribution in [2.24, 2.45) is 0 Å². The Labute approximate surface area is 117 Å². The summed E-state index contributed by atoms with van der Waals surface area (Å²) in [5, 5.41) is 17.9. The maximum atomic E-state index is 12.1. The number of aromatic amines is 1. The molecule has 1 heterocycles. The van der Waals surface area contributed by atoms with E-state index in [0.29, 0.717) is 17.7 Å². The lowest BCUT2D eigenvalue weighted by Gasteiger charge is -2.05. The number of aliphatic hydroxyl groups excluding tert-OH is 1. The normalized spacial score (nSPS) is 9.70. The van der Waals surface area contributed by atoms with Crippen molar-refractivity contribution in [3.8, 4) is 11.8 Å². The van der Waals surface area contributed by atoms with Crippen LogP contribution in [0.1, 0.15) is 27.9 Å². The van der Waals surface area contributed by atoms with Crippen LogP contribution in [0.15, 0.2) is 30.6 Å². The zero-order valence-corrected chi connectivity index (χ0v) is 11.1. The van der Waals surface area contributed by atoms with Crippen molar-refractivity contribution in [2.75, 3.05) is 11.9 Å². The smallest absolute Gasteiger partial charge is 0.255 e. The van der Waals surface area contributed by atoms with Gasteiger partial charge in [0.1, 0.15) is 0 Å². The maximum absolute atomic E-state index is 12.1. The van der Waals surface area contributed by atoms with E-state index in [1.165, 1.54) is 6.20 Å². The number of nitrogens with zero attached hydrogens (tertiary/aromatic N) is 1. The minimum absolute atomic E-state index is 0.0344. The Kier molecular flexibility index (Phi) is 4.53. The Hall–Kier alpha value is -2.58. The van der Waals surface area contributed by atoms with Crippen LogP contribution < -0.4 is 5.32 Å². The van der Waals surface area contributed by atoms with Gasteiger partial charge in [0.05, 0.1) is 18.5 Å². The van der Waals surface area contributed by atoms with E-state index in [1.807, 2.05) is 13.0 Å². The van der Waals surface area contributed by atoms with Crippen LogP contribution in [0.2, 0.25) is 0 Å². The second kappa shape index (κ2) is 6.55. The number of benzene rings is 1. The van der Waals surface area contributed by atoms with Gasteiger partial charge in [0.15, 0.2) is 0 Å². The molecular weight excluding hydrogens is 254 g/mol. The third kappa shape index (κ3) is 3.46. The van der Waals surface area contributed by atoms with Crippen molar-refractivity contribution in [3.63, 3.8) is 0 Å². The highest BCUT2D eigenvalue weighted by Gasteiger charge is 2.08. The minimum atomic E-state index is -0.211. The summed E-state index contributed by atoms with van der Waals surface area (Å²) in [6.07, 6.45) is 3.56. The monoisotopic (exact) mass is 269 g/mol. The van der Waals surface area contributed by atoms with E-state index in [0.717, 1.165) is 11.1 Å². The molecule has 0 bridgehead atoms. The molecule has 5 heteroatoms. The van der Waals surface area contributed by atoms with Gasteiger partial charge < -0.3 is 10.4 Å². The first-order chi connectivity index (χ1) is 9.70.